The smallest absolute Gasteiger partial charge is 0.0638 e. The van der Waals surface area contributed by atoms with E-state index in [0.29, 0.717) is 12.5 Å². The second-order valence-electron chi connectivity index (χ2n) is 4.19. The average Bonchev–Trinajstić information content (AvgIpc) is 2.94. The number of nitrogens with one attached hydrogen (secondary N) is 1. The molecule has 0 spiro atoms. The molecule has 0 aromatic rings. The van der Waals surface area contributed by atoms with Gasteiger partial charge in [0.15, 0.2) is 0 Å². The normalized spacial score (nSPS) is 20.7. The van der Waals surface area contributed by atoms with Crippen LogP contribution in [0.2, 0.25) is 0 Å². The summed E-state index contributed by atoms with van der Waals surface area (Å²) >= 11 is 0. The van der Waals surface area contributed by atoms with E-state index in [1.54, 1.807) is 0 Å². The third kappa shape index (κ3) is 3.78. The van der Waals surface area contributed by atoms with E-state index in [-0.39, 0.29) is 0 Å². The second-order valence-corrected chi connectivity index (χ2v) is 4.19. The summed E-state index contributed by atoms with van der Waals surface area (Å²) in [6.07, 6.45) is 4.54. The summed E-state index contributed by atoms with van der Waals surface area (Å²) in [4.78, 5) is 0. The Morgan fingerprint density at radius 1 is 1.54 bits per heavy atom. The quantitative estimate of drug-likeness (QED) is 0.681. The Kier molecular flexibility index (Phi) is 4.24. The highest BCUT2D eigenvalue weighted by Crippen LogP contribution is 2.36. The minimum absolute atomic E-state index is 0.409. The van der Waals surface area contributed by atoms with Crippen molar-refractivity contribution in [3.63, 3.8) is 0 Å². The summed E-state index contributed by atoms with van der Waals surface area (Å²) in [6.45, 7) is 5.53. The molecule has 0 aliphatic heterocycles. The first-order valence-corrected chi connectivity index (χ1v) is 5.38. The molecular formula is C11H20N2. The molecule has 1 aliphatic carbocycles. The Morgan fingerprint density at radius 2 is 2.23 bits per heavy atom. The minimum Gasteiger partial charge on any atom is -0.313 e. The number of hydrogen-bond donors (Lipinski definition) is 1. The molecule has 0 aromatic carbocycles. The zero-order valence-electron chi connectivity index (χ0n) is 8.71. The molecule has 2 unspecified atom stereocenters. The van der Waals surface area contributed by atoms with Gasteiger partial charge in [-0.05, 0) is 37.6 Å². The predicted molar refractivity (Wildman–Crippen MR) is 54.2 cm³/mol. The lowest BCUT2D eigenvalue weighted by atomic mass is 10.1. The van der Waals surface area contributed by atoms with Gasteiger partial charge in [0.2, 0.25) is 0 Å². The lowest BCUT2D eigenvalue weighted by molar-refractivity contribution is 0.410. The van der Waals surface area contributed by atoms with Gasteiger partial charge in [0, 0.05) is 6.04 Å². The topological polar surface area (TPSA) is 35.8 Å². The summed E-state index contributed by atoms with van der Waals surface area (Å²) in [6, 6.07) is 2.63. The van der Waals surface area contributed by atoms with Crippen LogP contribution in [0.5, 0.6) is 0 Å². The van der Waals surface area contributed by atoms with Gasteiger partial charge in [0.1, 0.15) is 0 Å². The Labute approximate surface area is 81.3 Å². The van der Waals surface area contributed by atoms with Gasteiger partial charge in [-0.15, -0.1) is 0 Å². The first-order chi connectivity index (χ1) is 6.27. The van der Waals surface area contributed by atoms with Gasteiger partial charge in [-0.3, -0.25) is 0 Å². The molecule has 0 amide bonds. The maximum atomic E-state index is 8.56. The Balaban J connectivity index is 2.11. The van der Waals surface area contributed by atoms with Gasteiger partial charge in [-0.2, -0.15) is 5.26 Å². The molecule has 1 rings (SSSR count). The van der Waals surface area contributed by atoms with Crippen molar-refractivity contribution in [2.24, 2.45) is 11.8 Å². The van der Waals surface area contributed by atoms with Crippen molar-refractivity contribution in [3.8, 4) is 6.07 Å². The van der Waals surface area contributed by atoms with Gasteiger partial charge in [-0.25, -0.2) is 0 Å². The molecule has 2 nitrogen and oxygen atoms in total. The van der Waals surface area contributed by atoms with Crippen LogP contribution in [-0.2, 0) is 0 Å². The van der Waals surface area contributed by atoms with Crippen molar-refractivity contribution < 1.29 is 0 Å². The number of nitriles is 1. The molecule has 2 heteroatoms. The van der Waals surface area contributed by atoms with E-state index in [9.17, 15) is 0 Å². The van der Waals surface area contributed by atoms with Crippen LogP contribution >= 0.6 is 0 Å². The van der Waals surface area contributed by atoms with Crippen LogP contribution in [0.15, 0.2) is 0 Å². The van der Waals surface area contributed by atoms with Gasteiger partial charge in [-0.1, -0.05) is 13.8 Å². The van der Waals surface area contributed by atoms with E-state index in [1.165, 1.54) is 12.8 Å². The van der Waals surface area contributed by atoms with Gasteiger partial charge in [0.05, 0.1) is 12.5 Å². The molecule has 1 saturated carbocycles. The molecule has 1 fully saturated rings. The zero-order chi connectivity index (χ0) is 9.68. The van der Waals surface area contributed by atoms with Crippen LogP contribution in [-0.4, -0.2) is 12.6 Å². The van der Waals surface area contributed by atoms with Crippen LogP contribution in [0.1, 0.15) is 39.5 Å². The van der Waals surface area contributed by atoms with Crippen molar-refractivity contribution in [2.45, 2.75) is 45.6 Å². The first kappa shape index (κ1) is 10.5. The predicted octanol–water partition coefficient (Wildman–Crippen LogP) is 2.31. The molecule has 13 heavy (non-hydrogen) atoms. The molecule has 0 heterocycles. The molecule has 1 aliphatic rings. The van der Waals surface area contributed by atoms with Gasteiger partial charge in [0.25, 0.3) is 0 Å². The zero-order valence-corrected chi connectivity index (χ0v) is 8.71. The van der Waals surface area contributed by atoms with Crippen molar-refractivity contribution in [2.75, 3.05) is 6.54 Å². The van der Waals surface area contributed by atoms with Crippen molar-refractivity contribution >= 4 is 0 Å². The molecule has 0 aromatic heterocycles. The van der Waals surface area contributed by atoms with Gasteiger partial charge >= 0.3 is 0 Å². The highest BCUT2D eigenvalue weighted by atomic mass is 14.9. The summed E-state index contributed by atoms with van der Waals surface area (Å²) in [5.41, 5.74) is 0. The van der Waals surface area contributed by atoms with E-state index >= 15 is 0 Å². The Hall–Kier alpha value is -0.550. The minimum atomic E-state index is 0.409. The number of hydrogen-bond acceptors (Lipinski definition) is 2. The molecule has 0 radical (unpaired) electrons. The SMILES string of the molecule is CCC(CC#N)NCC(C)C1CC1. The Morgan fingerprint density at radius 3 is 2.69 bits per heavy atom. The van der Waals surface area contributed by atoms with Crippen molar-refractivity contribution in [1.82, 2.24) is 5.32 Å². The fraction of sp³-hybridized carbons (Fsp3) is 0.909. The third-order valence-electron chi connectivity index (χ3n) is 2.99. The van der Waals surface area contributed by atoms with E-state index in [4.69, 9.17) is 5.26 Å². The standard InChI is InChI=1S/C11H20N2/c1-3-11(6-7-12)13-8-9(2)10-4-5-10/h9-11,13H,3-6,8H2,1-2H3. The highest BCUT2D eigenvalue weighted by molar-refractivity contribution is 4.83. The molecule has 0 saturated heterocycles. The molecule has 74 valence electrons. The third-order valence-corrected chi connectivity index (χ3v) is 2.99. The lowest BCUT2D eigenvalue weighted by Gasteiger charge is -2.17. The monoisotopic (exact) mass is 180 g/mol. The molecule has 1 N–H and O–H groups in total. The van der Waals surface area contributed by atoms with Crippen LogP contribution in [0.4, 0.5) is 0 Å². The Bertz CT molecular complexity index is 179. The number of rotatable bonds is 6. The summed E-state index contributed by atoms with van der Waals surface area (Å²) in [7, 11) is 0. The van der Waals surface area contributed by atoms with Crippen LogP contribution in [0.3, 0.4) is 0 Å². The van der Waals surface area contributed by atoms with Crippen LogP contribution in [0.25, 0.3) is 0 Å². The van der Waals surface area contributed by atoms with Crippen LogP contribution in [0, 0.1) is 23.2 Å². The number of nitrogens with zero attached hydrogens (tertiary/aromatic N) is 1. The maximum absolute atomic E-state index is 8.56. The van der Waals surface area contributed by atoms with Crippen molar-refractivity contribution in [1.29, 1.82) is 5.26 Å². The summed E-state index contributed by atoms with van der Waals surface area (Å²) in [5.74, 6) is 1.76. The summed E-state index contributed by atoms with van der Waals surface area (Å²) < 4.78 is 0. The highest BCUT2D eigenvalue weighted by Gasteiger charge is 2.27. The summed E-state index contributed by atoms with van der Waals surface area (Å²) in [5, 5.41) is 12.0. The fourth-order valence-electron chi connectivity index (χ4n) is 1.66. The molecule has 0 bridgehead atoms. The maximum Gasteiger partial charge on any atom is 0.0638 e. The lowest BCUT2D eigenvalue weighted by Crippen LogP contribution is -2.32. The van der Waals surface area contributed by atoms with E-state index in [2.05, 4.69) is 25.2 Å². The van der Waals surface area contributed by atoms with Crippen molar-refractivity contribution in [3.05, 3.63) is 0 Å². The van der Waals surface area contributed by atoms with E-state index < -0.39 is 0 Å². The van der Waals surface area contributed by atoms with E-state index in [0.717, 1.165) is 24.8 Å². The van der Waals surface area contributed by atoms with E-state index in [1.807, 2.05) is 0 Å². The fourth-order valence-corrected chi connectivity index (χ4v) is 1.66. The van der Waals surface area contributed by atoms with Gasteiger partial charge < -0.3 is 5.32 Å². The average molecular weight is 180 g/mol. The first-order valence-electron chi connectivity index (χ1n) is 5.38. The van der Waals surface area contributed by atoms with Crippen LogP contribution < -0.4 is 5.32 Å². The molecular weight excluding hydrogens is 160 g/mol. The largest absolute Gasteiger partial charge is 0.313 e. The molecule has 2 atom stereocenters. The second kappa shape index (κ2) is 5.24.